The molecular formula is C27H31F2N5O3S. The van der Waals surface area contributed by atoms with Crippen LogP contribution in [0.1, 0.15) is 18.4 Å². The second-order valence-corrected chi connectivity index (χ2v) is 9.48. The zero-order valence-electron chi connectivity index (χ0n) is 21.5. The van der Waals surface area contributed by atoms with Crippen LogP contribution in [-0.2, 0) is 4.74 Å². The van der Waals surface area contributed by atoms with Crippen molar-refractivity contribution >= 4 is 34.6 Å². The van der Waals surface area contributed by atoms with Crippen molar-refractivity contribution < 1.29 is 23.1 Å². The van der Waals surface area contributed by atoms with Crippen LogP contribution in [0.3, 0.4) is 0 Å². The fourth-order valence-electron chi connectivity index (χ4n) is 3.82. The number of carbonyl (C=O) groups excluding carboxylic acids is 2. The number of carbonyl (C=O) groups is 2. The molecule has 38 heavy (non-hydrogen) atoms. The molecule has 0 bridgehead atoms. The monoisotopic (exact) mass is 543 g/mol. The lowest BCUT2D eigenvalue weighted by Crippen LogP contribution is -2.50. The van der Waals surface area contributed by atoms with E-state index in [0.717, 1.165) is 28.8 Å². The molecule has 1 aromatic heterocycles. The number of likely N-dealkylation sites (tertiary alicyclic amines) is 1. The predicted molar refractivity (Wildman–Crippen MR) is 146 cm³/mol. The second-order valence-electron chi connectivity index (χ2n) is 8.45. The van der Waals surface area contributed by atoms with Gasteiger partial charge in [0, 0.05) is 39.4 Å². The van der Waals surface area contributed by atoms with Gasteiger partial charge in [-0.2, -0.15) is 0 Å². The Morgan fingerprint density at radius 1 is 1.13 bits per heavy atom. The minimum absolute atomic E-state index is 0.0635. The molecule has 11 heteroatoms. The van der Waals surface area contributed by atoms with Gasteiger partial charge in [0.1, 0.15) is 11.6 Å². The molecular weight excluding hydrogens is 512 g/mol. The Morgan fingerprint density at radius 3 is 2.45 bits per heavy atom. The number of nitrogens with one attached hydrogen (secondary N) is 2. The zero-order chi connectivity index (χ0) is 27.5. The van der Waals surface area contributed by atoms with Crippen LogP contribution in [0.4, 0.5) is 23.5 Å². The van der Waals surface area contributed by atoms with Crippen LogP contribution in [0.5, 0.6) is 0 Å². The van der Waals surface area contributed by atoms with Crippen LogP contribution in [0.15, 0.2) is 61.0 Å². The maximum Gasteiger partial charge on any atom is 0.323 e. The molecule has 2 aromatic carbocycles. The molecule has 0 aliphatic carbocycles. The summed E-state index contributed by atoms with van der Waals surface area (Å²) in [5.41, 5.74) is 1.52. The highest BCUT2D eigenvalue weighted by Gasteiger charge is 2.27. The first-order valence-corrected chi connectivity index (χ1v) is 12.8. The van der Waals surface area contributed by atoms with Crippen molar-refractivity contribution in [1.29, 1.82) is 0 Å². The summed E-state index contributed by atoms with van der Waals surface area (Å²) in [6.45, 7) is 1.23. The Labute approximate surface area is 224 Å². The van der Waals surface area contributed by atoms with Gasteiger partial charge in [-0.05, 0) is 54.3 Å². The molecule has 0 unspecified atom stereocenters. The SMILES string of the molecule is CNC(=O)N1CCC(N(C)C(=O)Nc2ncc(-c3cccc(F)c3)s2)CC1.CO/C=C/c1cccc(F)c1. The topological polar surface area (TPSA) is 86.8 Å². The van der Waals surface area contributed by atoms with Gasteiger partial charge in [0.15, 0.2) is 5.13 Å². The molecule has 1 aliphatic rings. The Balaban J connectivity index is 0.000000304. The largest absolute Gasteiger partial charge is 0.504 e. The molecule has 2 N–H and O–H groups in total. The minimum Gasteiger partial charge on any atom is -0.504 e. The lowest BCUT2D eigenvalue weighted by atomic mass is 10.0. The standard InChI is InChI=1S/C18H22FN5O2S.C9H9FO/c1-20-17(25)24-8-6-14(7-9-24)23(2)18(26)22-16-21-11-15(27-16)12-4-3-5-13(19)10-12;1-11-6-5-8-3-2-4-9(10)7-8/h3-5,10-11,14H,6-9H2,1-2H3,(H,20,25)(H,21,22,26);2-7H,1H3/b;6-5+. The van der Waals surface area contributed by atoms with Crippen molar-refractivity contribution in [3.8, 4) is 10.4 Å². The van der Waals surface area contributed by atoms with Gasteiger partial charge < -0.3 is 19.9 Å². The number of aromatic nitrogens is 1. The average Bonchev–Trinajstić information content (AvgIpc) is 3.40. The number of hydrogen-bond donors (Lipinski definition) is 2. The van der Waals surface area contributed by atoms with Gasteiger partial charge in [-0.1, -0.05) is 35.6 Å². The van der Waals surface area contributed by atoms with Gasteiger partial charge in [-0.25, -0.2) is 23.4 Å². The number of amides is 4. The van der Waals surface area contributed by atoms with Crippen LogP contribution in [-0.4, -0.2) is 67.2 Å². The van der Waals surface area contributed by atoms with E-state index < -0.39 is 0 Å². The van der Waals surface area contributed by atoms with Gasteiger partial charge >= 0.3 is 12.1 Å². The number of methoxy groups -OCH3 is 1. The fraction of sp³-hybridized carbons (Fsp3) is 0.296. The number of rotatable bonds is 5. The smallest absolute Gasteiger partial charge is 0.323 e. The third kappa shape index (κ3) is 8.27. The number of halogens is 2. The number of urea groups is 2. The van der Waals surface area contributed by atoms with E-state index in [0.29, 0.717) is 18.2 Å². The lowest BCUT2D eigenvalue weighted by molar-refractivity contribution is 0.146. The molecule has 0 spiro atoms. The van der Waals surface area contributed by atoms with Gasteiger partial charge in [0.05, 0.1) is 18.2 Å². The van der Waals surface area contributed by atoms with Crippen molar-refractivity contribution in [3.05, 3.63) is 78.2 Å². The van der Waals surface area contributed by atoms with E-state index in [4.69, 9.17) is 0 Å². The Bertz CT molecular complexity index is 1240. The first kappa shape index (κ1) is 28.6. The molecule has 4 rings (SSSR count). The number of benzene rings is 2. The number of anilines is 1. The summed E-state index contributed by atoms with van der Waals surface area (Å²) in [6, 6.07) is 12.3. The second kappa shape index (κ2) is 14.1. The fourth-order valence-corrected chi connectivity index (χ4v) is 4.63. The number of piperidine rings is 1. The van der Waals surface area contributed by atoms with Crippen molar-refractivity contribution in [2.45, 2.75) is 18.9 Å². The predicted octanol–water partition coefficient (Wildman–Crippen LogP) is 5.66. The number of thiazole rings is 1. The van der Waals surface area contributed by atoms with E-state index in [1.807, 2.05) is 0 Å². The van der Waals surface area contributed by atoms with E-state index in [2.05, 4.69) is 20.4 Å². The van der Waals surface area contributed by atoms with Gasteiger partial charge in [-0.15, -0.1) is 0 Å². The van der Waals surface area contributed by atoms with Crippen molar-refractivity contribution in [2.75, 3.05) is 39.6 Å². The zero-order valence-corrected chi connectivity index (χ0v) is 22.3. The highest BCUT2D eigenvalue weighted by Crippen LogP contribution is 2.29. The summed E-state index contributed by atoms with van der Waals surface area (Å²) >= 11 is 1.30. The summed E-state index contributed by atoms with van der Waals surface area (Å²) in [4.78, 5) is 32.6. The van der Waals surface area contributed by atoms with Crippen molar-refractivity contribution in [2.24, 2.45) is 0 Å². The number of hydrogen-bond acceptors (Lipinski definition) is 5. The quantitative estimate of drug-likeness (QED) is 0.407. The first-order chi connectivity index (χ1) is 18.3. The summed E-state index contributed by atoms with van der Waals surface area (Å²) < 4.78 is 30.6. The summed E-state index contributed by atoms with van der Waals surface area (Å²) in [5, 5.41) is 5.88. The average molecular weight is 544 g/mol. The maximum absolute atomic E-state index is 13.4. The molecule has 4 amide bonds. The van der Waals surface area contributed by atoms with Gasteiger partial charge in [0.2, 0.25) is 0 Å². The van der Waals surface area contributed by atoms with E-state index in [-0.39, 0.29) is 29.7 Å². The molecule has 0 radical (unpaired) electrons. The summed E-state index contributed by atoms with van der Waals surface area (Å²) in [6.07, 6.45) is 6.28. The van der Waals surface area contributed by atoms with E-state index in [1.54, 1.807) is 67.5 Å². The van der Waals surface area contributed by atoms with E-state index in [1.165, 1.54) is 41.9 Å². The van der Waals surface area contributed by atoms with Crippen LogP contribution >= 0.6 is 11.3 Å². The third-order valence-corrected chi connectivity index (χ3v) is 6.87. The normalized spacial score (nSPS) is 13.4. The van der Waals surface area contributed by atoms with Crippen molar-refractivity contribution in [3.63, 3.8) is 0 Å². The molecule has 202 valence electrons. The molecule has 0 atom stereocenters. The Hall–Kier alpha value is -3.99. The van der Waals surface area contributed by atoms with Crippen molar-refractivity contribution in [1.82, 2.24) is 20.1 Å². The molecule has 1 fully saturated rings. The first-order valence-electron chi connectivity index (χ1n) is 12.0. The Morgan fingerprint density at radius 2 is 1.82 bits per heavy atom. The number of nitrogens with zero attached hydrogens (tertiary/aromatic N) is 3. The lowest BCUT2D eigenvalue weighted by Gasteiger charge is -2.36. The summed E-state index contributed by atoms with van der Waals surface area (Å²) in [7, 11) is 4.91. The Kier molecular flexibility index (Phi) is 10.6. The highest BCUT2D eigenvalue weighted by molar-refractivity contribution is 7.19. The van der Waals surface area contributed by atoms with Crippen LogP contribution in [0.2, 0.25) is 0 Å². The molecule has 0 saturated carbocycles. The van der Waals surface area contributed by atoms with Gasteiger partial charge in [0.25, 0.3) is 0 Å². The molecule has 2 heterocycles. The van der Waals surface area contributed by atoms with Crippen LogP contribution < -0.4 is 10.6 Å². The van der Waals surface area contributed by atoms with E-state index >= 15 is 0 Å². The maximum atomic E-state index is 13.4. The van der Waals surface area contributed by atoms with E-state index in [9.17, 15) is 18.4 Å². The highest BCUT2D eigenvalue weighted by atomic mass is 32.1. The minimum atomic E-state index is -0.311. The molecule has 1 aliphatic heterocycles. The van der Waals surface area contributed by atoms with Crippen LogP contribution in [0, 0.1) is 11.6 Å². The molecule has 3 aromatic rings. The number of ether oxygens (including phenoxy) is 1. The molecule has 8 nitrogen and oxygen atoms in total. The van der Waals surface area contributed by atoms with Crippen LogP contribution in [0.25, 0.3) is 16.5 Å². The third-order valence-electron chi connectivity index (χ3n) is 5.91. The van der Waals surface area contributed by atoms with Gasteiger partial charge in [-0.3, -0.25) is 5.32 Å². The summed E-state index contributed by atoms with van der Waals surface area (Å²) in [5.74, 6) is -0.544. The molecule has 1 saturated heterocycles.